The fraction of sp³-hybridized carbons (Fsp3) is 0.533. The normalized spacial score (nSPS) is 23.6. The Morgan fingerprint density at radius 1 is 1.12 bits per heavy atom. The number of carbonyl (C=O) groups excluding carboxylic acids is 3. The van der Waals surface area contributed by atoms with Gasteiger partial charge in [-0.25, -0.2) is 9.37 Å². The highest BCUT2D eigenvalue weighted by molar-refractivity contribution is 6.00. The van der Waals surface area contributed by atoms with Crippen LogP contribution in [0, 0.1) is 23.6 Å². The van der Waals surface area contributed by atoms with Crippen LogP contribution in [0.3, 0.4) is 0 Å². The van der Waals surface area contributed by atoms with E-state index in [2.05, 4.69) is 4.98 Å². The van der Waals surface area contributed by atoms with Crippen molar-refractivity contribution in [2.45, 2.75) is 58.2 Å². The second-order valence-electron chi connectivity index (χ2n) is 10.4. The molecule has 4 atom stereocenters. The van der Waals surface area contributed by atoms with E-state index in [4.69, 9.17) is 23.7 Å². The number of aromatic nitrogens is 1. The monoisotopic (exact) mass is 557 g/mol. The number of Topliss-reactive ketones (excluding diaryl/α,β-unsaturated/α-hetero) is 1. The van der Waals surface area contributed by atoms with Gasteiger partial charge in [-0.3, -0.25) is 14.4 Å². The summed E-state index contributed by atoms with van der Waals surface area (Å²) in [6.45, 7) is 3.91. The molecule has 0 N–H and O–H groups in total. The first-order chi connectivity index (χ1) is 19.2. The summed E-state index contributed by atoms with van der Waals surface area (Å²) in [5.74, 6) is -2.37. The smallest absolute Gasteiger partial charge is 0.312 e. The van der Waals surface area contributed by atoms with Crippen LogP contribution >= 0.6 is 0 Å². The number of methoxy groups -OCH3 is 1. The number of ether oxygens (including phenoxy) is 5. The van der Waals surface area contributed by atoms with Gasteiger partial charge in [0.15, 0.2) is 17.2 Å². The van der Waals surface area contributed by atoms with Gasteiger partial charge < -0.3 is 23.7 Å². The first kappa shape index (κ1) is 29.6. The number of esters is 2. The average molecular weight is 558 g/mol. The van der Waals surface area contributed by atoms with Gasteiger partial charge in [-0.1, -0.05) is 12.1 Å². The van der Waals surface area contributed by atoms with Crippen LogP contribution in [0.15, 0.2) is 36.5 Å². The maximum absolute atomic E-state index is 13.5. The zero-order chi connectivity index (χ0) is 28.6. The summed E-state index contributed by atoms with van der Waals surface area (Å²) in [6.07, 6.45) is 3.60. The van der Waals surface area contributed by atoms with Crippen LogP contribution in [-0.2, 0) is 30.2 Å². The predicted octanol–water partition coefficient (Wildman–Crippen LogP) is 4.35. The van der Waals surface area contributed by atoms with E-state index in [0.29, 0.717) is 32.0 Å². The van der Waals surface area contributed by atoms with Crippen molar-refractivity contribution in [2.75, 3.05) is 26.9 Å². The maximum Gasteiger partial charge on any atom is 0.312 e. The van der Waals surface area contributed by atoms with Crippen LogP contribution in [-0.4, -0.2) is 61.8 Å². The van der Waals surface area contributed by atoms with Crippen molar-refractivity contribution in [1.82, 2.24) is 4.98 Å². The fourth-order valence-electron chi connectivity index (χ4n) is 4.86. The summed E-state index contributed by atoms with van der Waals surface area (Å²) in [4.78, 5) is 42.3. The second kappa shape index (κ2) is 13.8. The summed E-state index contributed by atoms with van der Waals surface area (Å²) >= 11 is 0. The van der Waals surface area contributed by atoms with E-state index in [-0.39, 0.29) is 42.0 Å². The van der Waals surface area contributed by atoms with Crippen molar-refractivity contribution in [3.05, 3.63) is 53.6 Å². The van der Waals surface area contributed by atoms with Gasteiger partial charge in [0.1, 0.15) is 11.9 Å². The Bertz CT molecular complexity index is 1180. The summed E-state index contributed by atoms with van der Waals surface area (Å²) in [5, 5.41) is 0. The molecule has 2 aliphatic rings. The van der Waals surface area contributed by atoms with Gasteiger partial charge >= 0.3 is 11.9 Å². The van der Waals surface area contributed by atoms with Crippen LogP contribution in [0.5, 0.6) is 11.5 Å². The van der Waals surface area contributed by atoms with Crippen LogP contribution < -0.4 is 9.47 Å². The third kappa shape index (κ3) is 8.08. The third-order valence-corrected chi connectivity index (χ3v) is 7.18. The number of nitrogens with zero attached hydrogens (tertiary/aromatic N) is 1. The molecular weight excluding hydrogens is 521 g/mol. The number of pyridine rings is 1. The Hall–Kier alpha value is -3.37. The van der Waals surface area contributed by atoms with E-state index in [9.17, 15) is 18.8 Å². The standard InChI is InChI=1S/C30H36FNO8/c1-18-28(38-16-21-4-5-21)22(14-20-6-8-24(31)9-7-20)11-13-37-17-23(30(35)39-18)15-25(34)27-29(40-19(2)33)26(36-3)10-12-32-27/h6-10,12,18,21-23,28H,4-5,11,13-17H2,1-3H3/t18-,22+,23-,28-/m0/s1. The molecule has 0 spiro atoms. The third-order valence-electron chi connectivity index (χ3n) is 7.18. The van der Waals surface area contributed by atoms with Crippen molar-refractivity contribution < 1.29 is 42.5 Å². The number of hydrogen-bond donors (Lipinski definition) is 0. The van der Waals surface area contributed by atoms with E-state index in [1.165, 1.54) is 38.4 Å². The molecule has 1 saturated heterocycles. The lowest BCUT2D eigenvalue weighted by Gasteiger charge is -2.34. The van der Waals surface area contributed by atoms with Gasteiger partial charge in [0.05, 0.1) is 25.7 Å². The molecule has 4 rings (SSSR count). The van der Waals surface area contributed by atoms with Crippen molar-refractivity contribution in [1.29, 1.82) is 0 Å². The Labute approximate surface area is 233 Å². The zero-order valence-corrected chi connectivity index (χ0v) is 23.1. The van der Waals surface area contributed by atoms with Crippen molar-refractivity contribution in [2.24, 2.45) is 17.8 Å². The molecule has 1 aromatic carbocycles. The Kier molecular flexibility index (Phi) is 10.2. The molecule has 0 bridgehead atoms. The first-order valence-electron chi connectivity index (χ1n) is 13.6. The van der Waals surface area contributed by atoms with E-state index in [1.807, 2.05) is 0 Å². The molecule has 2 aromatic rings. The molecule has 1 aromatic heterocycles. The highest BCUT2D eigenvalue weighted by Gasteiger charge is 2.36. The SMILES string of the molecule is COc1ccnc(C(=O)C[C@H]2COCC[C@H](Cc3ccc(F)cc3)[C@@H](OCC3CC3)[C@H](C)OC2=O)c1OC(C)=O. The quantitative estimate of drug-likeness (QED) is 0.311. The molecule has 1 saturated carbocycles. The van der Waals surface area contributed by atoms with Gasteiger partial charge in [0, 0.05) is 38.8 Å². The van der Waals surface area contributed by atoms with E-state index in [1.54, 1.807) is 19.1 Å². The molecule has 2 heterocycles. The van der Waals surface area contributed by atoms with Gasteiger partial charge in [0.25, 0.3) is 0 Å². The predicted molar refractivity (Wildman–Crippen MR) is 142 cm³/mol. The van der Waals surface area contributed by atoms with Gasteiger partial charge in [-0.05, 0) is 62.1 Å². The fourth-order valence-corrected chi connectivity index (χ4v) is 4.86. The summed E-state index contributed by atoms with van der Waals surface area (Å²) in [7, 11) is 1.38. The lowest BCUT2D eigenvalue weighted by atomic mass is 9.88. The van der Waals surface area contributed by atoms with Crippen molar-refractivity contribution >= 4 is 17.7 Å². The van der Waals surface area contributed by atoms with Crippen molar-refractivity contribution in [3.63, 3.8) is 0 Å². The maximum atomic E-state index is 13.5. The largest absolute Gasteiger partial charge is 0.493 e. The Morgan fingerprint density at radius 2 is 1.88 bits per heavy atom. The second-order valence-corrected chi connectivity index (χ2v) is 10.4. The lowest BCUT2D eigenvalue weighted by molar-refractivity contribution is -0.169. The number of halogens is 1. The Balaban J connectivity index is 1.50. The molecule has 0 unspecified atom stereocenters. The molecule has 0 radical (unpaired) electrons. The molecular formula is C30H36FNO8. The number of rotatable bonds is 10. The minimum Gasteiger partial charge on any atom is -0.493 e. The molecule has 1 aliphatic heterocycles. The highest BCUT2D eigenvalue weighted by atomic mass is 19.1. The van der Waals surface area contributed by atoms with Crippen LogP contribution in [0.25, 0.3) is 0 Å². The van der Waals surface area contributed by atoms with Gasteiger partial charge in [-0.15, -0.1) is 0 Å². The van der Waals surface area contributed by atoms with E-state index >= 15 is 0 Å². The number of ketones is 1. The topological polar surface area (TPSA) is 110 Å². The van der Waals surface area contributed by atoms with E-state index < -0.39 is 35.8 Å². The summed E-state index contributed by atoms with van der Waals surface area (Å²) < 4.78 is 42.0. The number of hydrogen-bond acceptors (Lipinski definition) is 9. The lowest BCUT2D eigenvalue weighted by Crippen LogP contribution is -2.42. The molecule has 0 amide bonds. The average Bonchev–Trinajstić information content (AvgIpc) is 3.75. The Morgan fingerprint density at radius 3 is 2.55 bits per heavy atom. The van der Waals surface area contributed by atoms with Crippen LogP contribution in [0.1, 0.15) is 55.6 Å². The first-order valence-corrected chi connectivity index (χ1v) is 13.6. The minimum atomic E-state index is -0.897. The van der Waals surface area contributed by atoms with Crippen LogP contribution in [0.4, 0.5) is 4.39 Å². The molecule has 1 aliphatic carbocycles. The molecule has 10 heteroatoms. The zero-order valence-electron chi connectivity index (χ0n) is 23.1. The van der Waals surface area contributed by atoms with Crippen LogP contribution in [0.2, 0.25) is 0 Å². The van der Waals surface area contributed by atoms with Gasteiger partial charge in [0.2, 0.25) is 5.75 Å². The van der Waals surface area contributed by atoms with E-state index in [0.717, 1.165) is 18.4 Å². The molecule has 40 heavy (non-hydrogen) atoms. The summed E-state index contributed by atoms with van der Waals surface area (Å²) in [5.41, 5.74) is 0.845. The molecule has 216 valence electrons. The summed E-state index contributed by atoms with van der Waals surface area (Å²) in [6, 6.07) is 7.84. The number of benzene rings is 1. The van der Waals surface area contributed by atoms with Crippen molar-refractivity contribution in [3.8, 4) is 11.5 Å². The molecule has 2 fully saturated rings. The number of cyclic esters (lactones) is 1. The van der Waals surface area contributed by atoms with Gasteiger partial charge in [-0.2, -0.15) is 0 Å². The molecule has 9 nitrogen and oxygen atoms in total. The highest BCUT2D eigenvalue weighted by Crippen LogP contribution is 2.33. The number of carbonyl (C=O) groups is 3. The minimum absolute atomic E-state index is 0.0268.